The van der Waals surface area contributed by atoms with E-state index in [1.807, 2.05) is 0 Å². The Balaban J connectivity index is 0.00000121. The number of ether oxygens (including phenoxy) is 2. The molecule has 0 aromatic heterocycles. The lowest BCUT2D eigenvalue weighted by Crippen LogP contribution is -2.37. The van der Waals surface area contributed by atoms with Gasteiger partial charge in [0, 0.05) is 39.3 Å². The maximum atomic E-state index is 5.50. The fourth-order valence-electron chi connectivity index (χ4n) is 3.63. The first-order valence-corrected chi connectivity index (χ1v) is 8.99. The summed E-state index contributed by atoms with van der Waals surface area (Å²) in [6.45, 7) is 9.58. The Labute approximate surface area is 168 Å². The summed E-state index contributed by atoms with van der Waals surface area (Å²) in [5.74, 6) is 0. The van der Waals surface area contributed by atoms with Crippen LogP contribution in [-0.4, -0.2) is 62.4 Å². The van der Waals surface area contributed by atoms with Crippen molar-refractivity contribution in [2.45, 2.75) is 13.1 Å². The van der Waals surface area contributed by atoms with E-state index in [-0.39, 0.29) is 24.8 Å². The summed E-state index contributed by atoms with van der Waals surface area (Å²) in [7, 11) is 0. The van der Waals surface area contributed by atoms with Crippen molar-refractivity contribution in [2.24, 2.45) is 0 Å². The highest BCUT2D eigenvalue weighted by molar-refractivity contribution is 5.85. The van der Waals surface area contributed by atoms with Gasteiger partial charge in [0.25, 0.3) is 0 Å². The molecule has 0 amide bonds. The van der Waals surface area contributed by atoms with E-state index in [9.17, 15) is 0 Å². The van der Waals surface area contributed by atoms with Gasteiger partial charge in [0.05, 0.1) is 26.4 Å². The quantitative estimate of drug-likeness (QED) is 0.788. The Morgan fingerprint density at radius 2 is 1.04 bits per heavy atom. The van der Waals surface area contributed by atoms with E-state index in [1.54, 1.807) is 0 Å². The highest BCUT2D eigenvalue weighted by atomic mass is 35.5. The fourth-order valence-corrected chi connectivity index (χ4v) is 3.63. The molecular formula is C20H28Cl2N2O2. The number of morpholine rings is 2. The lowest BCUT2D eigenvalue weighted by Gasteiger charge is -2.30. The van der Waals surface area contributed by atoms with Crippen molar-refractivity contribution >= 4 is 35.6 Å². The van der Waals surface area contributed by atoms with Gasteiger partial charge in [0.1, 0.15) is 0 Å². The normalized spacial score (nSPS) is 18.9. The highest BCUT2D eigenvalue weighted by Gasteiger charge is 2.17. The average molecular weight is 399 g/mol. The lowest BCUT2D eigenvalue weighted by atomic mass is 9.99. The van der Waals surface area contributed by atoms with Crippen LogP contribution in [0.5, 0.6) is 0 Å². The summed E-state index contributed by atoms with van der Waals surface area (Å²) >= 11 is 0. The Morgan fingerprint density at radius 1 is 0.654 bits per heavy atom. The second kappa shape index (κ2) is 10.5. The Bertz CT molecular complexity index is 628. The number of fused-ring (bicyclic) bond motifs is 1. The molecule has 2 fully saturated rings. The molecule has 0 spiro atoms. The average Bonchev–Trinajstić information content (AvgIpc) is 2.64. The summed E-state index contributed by atoms with van der Waals surface area (Å²) in [4.78, 5) is 5.02. The minimum Gasteiger partial charge on any atom is -0.379 e. The van der Waals surface area contributed by atoms with E-state index < -0.39 is 0 Å². The maximum Gasteiger partial charge on any atom is 0.0594 e. The summed E-state index contributed by atoms with van der Waals surface area (Å²) in [6.07, 6.45) is 0. The van der Waals surface area contributed by atoms with Crippen LogP contribution in [0.2, 0.25) is 0 Å². The monoisotopic (exact) mass is 398 g/mol. The number of hydrogen-bond donors (Lipinski definition) is 0. The van der Waals surface area contributed by atoms with Crippen LogP contribution in [0.3, 0.4) is 0 Å². The van der Waals surface area contributed by atoms with Gasteiger partial charge < -0.3 is 9.47 Å². The van der Waals surface area contributed by atoms with Crippen molar-refractivity contribution in [3.8, 4) is 0 Å². The van der Waals surface area contributed by atoms with Gasteiger partial charge in [-0.3, -0.25) is 9.80 Å². The molecule has 0 radical (unpaired) electrons. The molecule has 2 aliphatic heterocycles. The summed E-state index contributed by atoms with van der Waals surface area (Å²) in [5.41, 5.74) is 2.92. The molecule has 0 bridgehead atoms. The highest BCUT2D eigenvalue weighted by Crippen LogP contribution is 2.23. The first kappa shape index (κ1) is 21.4. The van der Waals surface area contributed by atoms with E-state index in [1.165, 1.54) is 21.9 Å². The van der Waals surface area contributed by atoms with Crippen LogP contribution in [0.4, 0.5) is 0 Å². The van der Waals surface area contributed by atoms with Crippen molar-refractivity contribution in [2.75, 3.05) is 52.6 Å². The van der Waals surface area contributed by atoms with Crippen LogP contribution >= 0.6 is 24.8 Å². The lowest BCUT2D eigenvalue weighted by molar-refractivity contribution is 0.0309. The van der Waals surface area contributed by atoms with Crippen molar-refractivity contribution in [1.29, 1.82) is 0 Å². The van der Waals surface area contributed by atoms with Gasteiger partial charge in [-0.15, -0.1) is 24.8 Å². The number of hydrogen-bond acceptors (Lipinski definition) is 4. The third kappa shape index (κ3) is 5.32. The number of rotatable bonds is 4. The summed E-state index contributed by atoms with van der Waals surface area (Å²) in [6, 6.07) is 13.5. The van der Waals surface area contributed by atoms with Crippen molar-refractivity contribution in [3.05, 3.63) is 47.5 Å². The molecule has 2 heterocycles. The van der Waals surface area contributed by atoms with E-state index in [2.05, 4.69) is 46.2 Å². The smallest absolute Gasteiger partial charge is 0.0594 e. The van der Waals surface area contributed by atoms with E-state index in [4.69, 9.17) is 9.47 Å². The summed E-state index contributed by atoms with van der Waals surface area (Å²) in [5, 5.41) is 2.68. The van der Waals surface area contributed by atoms with Crippen LogP contribution in [0.25, 0.3) is 10.8 Å². The Kier molecular flexibility index (Phi) is 8.61. The summed E-state index contributed by atoms with van der Waals surface area (Å²) < 4.78 is 11.0. The second-order valence-electron chi connectivity index (χ2n) is 6.75. The Hall–Kier alpha value is -0.880. The van der Waals surface area contributed by atoms with Gasteiger partial charge >= 0.3 is 0 Å². The molecule has 144 valence electrons. The molecular weight excluding hydrogens is 371 g/mol. The molecule has 6 heteroatoms. The first-order valence-electron chi connectivity index (χ1n) is 8.99. The topological polar surface area (TPSA) is 24.9 Å². The Morgan fingerprint density at radius 3 is 1.42 bits per heavy atom. The van der Waals surface area contributed by atoms with Crippen LogP contribution < -0.4 is 0 Å². The van der Waals surface area contributed by atoms with Crippen molar-refractivity contribution in [3.63, 3.8) is 0 Å². The van der Waals surface area contributed by atoms with E-state index in [0.29, 0.717) is 0 Å². The number of nitrogens with zero attached hydrogens (tertiary/aromatic N) is 2. The molecule has 0 atom stereocenters. The van der Waals surface area contributed by atoms with Crippen molar-refractivity contribution < 1.29 is 9.47 Å². The fraction of sp³-hybridized carbons (Fsp3) is 0.500. The minimum absolute atomic E-state index is 0. The number of halogens is 2. The standard InChI is InChI=1S/C20H26N2O2.2ClH/c1-2-4-18-14-20(16-22-7-11-24-12-8-22)19(13-17(18)3-1)15-21-5-9-23-10-6-21;;/h1-4,13-14H,5-12,15-16H2;2*1H. The van der Waals surface area contributed by atoms with Gasteiger partial charge in [-0.2, -0.15) is 0 Å². The van der Waals surface area contributed by atoms with Gasteiger partial charge in [0.2, 0.25) is 0 Å². The molecule has 2 saturated heterocycles. The molecule has 2 aliphatic rings. The maximum absolute atomic E-state index is 5.50. The second-order valence-corrected chi connectivity index (χ2v) is 6.75. The molecule has 0 N–H and O–H groups in total. The van der Waals surface area contributed by atoms with Crippen LogP contribution in [0.15, 0.2) is 36.4 Å². The van der Waals surface area contributed by atoms with Gasteiger partial charge in [-0.05, 0) is 34.0 Å². The van der Waals surface area contributed by atoms with Gasteiger partial charge in [0.15, 0.2) is 0 Å². The molecule has 0 aliphatic carbocycles. The third-order valence-electron chi connectivity index (χ3n) is 5.06. The zero-order valence-electron chi connectivity index (χ0n) is 15.1. The minimum atomic E-state index is 0. The largest absolute Gasteiger partial charge is 0.379 e. The molecule has 4 nitrogen and oxygen atoms in total. The van der Waals surface area contributed by atoms with Crippen molar-refractivity contribution in [1.82, 2.24) is 9.80 Å². The van der Waals surface area contributed by atoms with E-state index in [0.717, 1.165) is 65.7 Å². The molecule has 2 aromatic carbocycles. The predicted octanol–water partition coefficient (Wildman–Crippen LogP) is 3.35. The zero-order valence-corrected chi connectivity index (χ0v) is 16.7. The van der Waals surface area contributed by atoms with Crippen LogP contribution in [-0.2, 0) is 22.6 Å². The molecule has 2 aromatic rings. The predicted molar refractivity (Wildman–Crippen MR) is 111 cm³/mol. The molecule has 0 unspecified atom stereocenters. The van der Waals surface area contributed by atoms with Crippen LogP contribution in [0, 0.1) is 0 Å². The number of benzene rings is 2. The molecule has 4 rings (SSSR count). The zero-order chi connectivity index (χ0) is 16.2. The third-order valence-corrected chi connectivity index (χ3v) is 5.06. The SMILES string of the molecule is Cl.Cl.c1ccc2cc(CN3CCOCC3)c(CN3CCOCC3)cc2c1. The first-order chi connectivity index (χ1) is 11.9. The van der Waals surface area contributed by atoms with E-state index >= 15 is 0 Å². The molecule has 26 heavy (non-hydrogen) atoms. The molecule has 0 saturated carbocycles. The van der Waals surface area contributed by atoms with Gasteiger partial charge in [-0.1, -0.05) is 24.3 Å². The van der Waals surface area contributed by atoms with Gasteiger partial charge in [-0.25, -0.2) is 0 Å². The van der Waals surface area contributed by atoms with Crippen LogP contribution in [0.1, 0.15) is 11.1 Å².